The zero-order chi connectivity index (χ0) is 13.1. The minimum atomic E-state index is -0.0577. The van der Waals surface area contributed by atoms with Crippen LogP contribution in [0.3, 0.4) is 0 Å². The molecule has 1 aromatic rings. The second-order valence-corrected chi connectivity index (χ2v) is 5.75. The summed E-state index contributed by atoms with van der Waals surface area (Å²) in [5, 5.41) is 3.01. The molecular formula is C13H16BrNO2S. The molecule has 1 aliphatic carbocycles. The largest absolute Gasteiger partial charge is 0.378 e. The van der Waals surface area contributed by atoms with Gasteiger partial charge in [-0.25, -0.2) is 0 Å². The summed E-state index contributed by atoms with van der Waals surface area (Å²) in [4.78, 5) is 12.9. The van der Waals surface area contributed by atoms with Gasteiger partial charge >= 0.3 is 0 Å². The molecule has 1 aliphatic rings. The Labute approximate surface area is 121 Å². The van der Waals surface area contributed by atoms with Crippen molar-refractivity contribution in [1.29, 1.82) is 0 Å². The average molecular weight is 330 g/mol. The smallest absolute Gasteiger partial charge is 0.252 e. The molecule has 1 amide bonds. The van der Waals surface area contributed by atoms with Gasteiger partial charge in [-0.2, -0.15) is 0 Å². The molecule has 0 radical (unpaired) electrons. The van der Waals surface area contributed by atoms with E-state index >= 15 is 0 Å². The lowest BCUT2D eigenvalue weighted by molar-refractivity contribution is -0.00863. The van der Waals surface area contributed by atoms with Gasteiger partial charge in [0.05, 0.1) is 11.7 Å². The van der Waals surface area contributed by atoms with Gasteiger partial charge in [0, 0.05) is 22.0 Å². The Morgan fingerprint density at radius 3 is 2.94 bits per heavy atom. The first-order valence-corrected chi connectivity index (χ1v) is 7.25. The summed E-state index contributed by atoms with van der Waals surface area (Å²) in [5.74, 6) is -0.0577. The highest BCUT2D eigenvalue weighted by Crippen LogP contribution is 2.25. The van der Waals surface area contributed by atoms with Crippen LogP contribution in [0.5, 0.6) is 0 Å². The number of carbonyl (C=O) groups excluding carboxylic acids is 1. The molecule has 0 aliphatic heterocycles. The lowest BCUT2D eigenvalue weighted by Gasteiger charge is -2.35. The van der Waals surface area contributed by atoms with Crippen molar-refractivity contribution in [2.24, 2.45) is 0 Å². The van der Waals surface area contributed by atoms with Crippen LogP contribution in [0.4, 0.5) is 0 Å². The van der Waals surface area contributed by atoms with Crippen molar-refractivity contribution in [2.75, 3.05) is 6.61 Å². The van der Waals surface area contributed by atoms with E-state index in [0.717, 1.165) is 28.8 Å². The van der Waals surface area contributed by atoms with Crippen LogP contribution in [0.25, 0.3) is 0 Å². The minimum Gasteiger partial charge on any atom is -0.378 e. The minimum absolute atomic E-state index is 0.0577. The van der Waals surface area contributed by atoms with Crippen molar-refractivity contribution in [2.45, 2.75) is 36.8 Å². The molecule has 0 bridgehead atoms. The van der Waals surface area contributed by atoms with Crippen LogP contribution < -0.4 is 5.32 Å². The van der Waals surface area contributed by atoms with E-state index in [4.69, 9.17) is 4.74 Å². The van der Waals surface area contributed by atoms with Crippen LogP contribution in [0, 0.1) is 0 Å². The van der Waals surface area contributed by atoms with E-state index in [1.54, 1.807) is 6.07 Å². The van der Waals surface area contributed by atoms with Crippen molar-refractivity contribution >= 4 is 34.5 Å². The maximum atomic E-state index is 12.1. The van der Waals surface area contributed by atoms with Gasteiger partial charge in [0.2, 0.25) is 0 Å². The summed E-state index contributed by atoms with van der Waals surface area (Å²) in [5.41, 5.74) is 0.627. The zero-order valence-corrected chi connectivity index (χ0v) is 12.6. The predicted octanol–water partition coefficient (Wildman–Crippen LogP) is 3.04. The van der Waals surface area contributed by atoms with Crippen LogP contribution in [0.15, 0.2) is 27.6 Å². The Morgan fingerprint density at radius 2 is 2.28 bits per heavy atom. The van der Waals surface area contributed by atoms with E-state index in [1.165, 1.54) is 0 Å². The molecule has 2 rings (SSSR count). The number of halogens is 1. The molecule has 1 N–H and O–H groups in total. The van der Waals surface area contributed by atoms with E-state index in [1.807, 2.05) is 19.1 Å². The molecule has 0 spiro atoms. The Kier molecular flexibility index (Phi) is 4.70. The van der Waals surface area contributed by atoms with Crippen LogP contribution in [0.1, 0.15) is 30.1 Å². The molecule has 1 aromatic carbocycles. The van der Waals surface area contributed by atoms with E-state index in [-0.39, 0.29) is 11.9 Å². The Morgan fingerprint density at radius 1 is 1.56 bits per heavy atom. The van der Waals surface area contributed by atoms with Crippen LogP contribution in [0.2, 0.25) is 0 Å². The maximum Gasteiger partial charge on any atom is 0.252 e. The van der Waals surface area contributed by atoms with Gasteiger partial charge in [0.25, 0.3) is 5.91 Å². The van der Waals surface area contributed by atoms with E-state index in [9.17, 15) is 4.79 Å². The predicted molar refractivity (Wildman–Crippen MR) is 77.3 cm³/mol. The number of hydrogen-bond donors (Lipinski definition) is 2. The highest BCUT2D eigenvalue weighted by molar-refractivity contribution is 9.10. The second kappa shape index (κ2) is 6.08. The van der Waals surface area contributed by atoms with Crippen LogP contribution >= 0.6 is 28.6 Å². The van der Waals surface area contributed by atoms with Gasteiger partial charge in [-0.05, 0) is 53.9 Å². The lowest BCUT2D eigenvalue weighted by atomic mass is 9.89. The summed E-state index contributed by atoms with van der Waals surface area (Å²) in [6, 6.07) is 5.67. The number of amides is 1. The molecule has 0 unspecified atom stereocenters. The van der Waals surface area contributed by atoms with Crippen molar-refractivity contribution < 1.29 is 9.53 Å². The fourth-order valence-corrected chi connectivity index (χ4v) is 2.64. The number of rotatable bonds is 4. The number of carbonyl (C=O) groups is 1. The number of nitrogens with one attached hydrogen (secondary N) is 1. The third kappa shape index (κ3) is 3.28. The first-order chi connectivity index (χ1) is 8.60. The lowest BCUT2D eigenvalue weighted by Crippen LogP contribution is -2.47. The summed E-state index contributed by atoms with van der Waals surface area (Å²) in [7, 11) is 0. The van der Waals surface area contributed by atoms with Crippen molar-refractivity contribution in [3.63, 3.8) is 0 Å². The highest BCUT2D eigenvalue weighted by atomic mass is 79.9. The number of hydrogen-bond acceptors (Lipinski definition) is 3. The van der Waals surface area contributed by atoms with Gasteiger partial charge < -0.3 is 10.1 Å². The molecule has 1 fully saturated rings. The topological polar surface area (TPSA) is 38.3 Å². The third-order valence-electron chi connectivity index (χ3n) is 3.03. The molecule has 0 saturated heterocycles. The Bertz CT molecular complexity index is 447. The molecule has 0 heterocycles. The van der Waals surface area contributed by atoms with E-state index in [0.29, 0.717) is 11.7 Å². The molecule has 98 valence electrons. The summed E-state index contributed by atoms with van der Waals surface area (Å²) >= 11 is 7.62. The molecular weight excluding hydrogens is 314 g/mol. The summed E-state index contributed by atoms with van der Waals surface area (Å²) in [6.07, 6.45) is 2.11. The molecule has 0 atom stereocenters. The second-order valence-electron chi connectivity index (χ2n) is 4.38. The maximum absolute atomic E-state index is 12.1. The first kappa shape index (κ1) is 13.9. The molecule has 0 aromatic heterocycles. The molecule has 18 heavy (non-hydrogen) atoms. The third-order valence-corrected chi connectivity index (χ3v) is 4.00. The SMILES string of the molecule is CCOC1CC(NC(=O)c2cc(S)ccc2Br)C1. The normalized spacial score (nSPS) is 22.4. The van der Waals surface area contributed by atoms with Crippen molar-refractivity contribution in [3.8, 4) is 0 Å². The van der Waals surface area contributed by atoms with Gasteiger partial charge in [-0.1, -0.05) is 0 Å². The van der Waals surface area contributed by atoms with Gasteiger partial charge in [-0.15, -0.1) is 12.6 Å². The van der Waals surface area contributed by atoms with Crippen LogP contribution in [-0.4, -0.2) is 24.7 Å². The van der Waals surface area contributed by atoms with Gasteiger partial charge in [-0.3, -0.25) is 4.79 Å². The summed E-state index contributed by atoms with van der Waals surface area (Å²) < 4.78 is 6.26. The van der Waals surface area contributed by atoms with Crippen LogP contribution in [-0.2, 0) is 4.74 Å². The first-order valence-electron chi connectivity index (χ1n) is 6.01. The van der Waals surface area contributed by atoms with Gasteiger partial charge in [0.1, 0.15) is 0 Å². The van der Waals surface area contributed by atoms with E-state index < -0.39 is 0 Å². The quantitative estimate of drug-likeness (QED) is 0.833. The molecule has 5 heteroatoms. The molecule has 3 nitrogen and oxygen atoms in total. The van der Waals surface area contributed by atoms with Gasteiger partial charge in [0.15, 0.2) is 0 Å². The Hall–Kier alpha value is -0.520. The monoisotopic (exact) mass is 329 g/mol. The Balaban J connectivity index is 1.91. The highest BCUT2D eigenvalue weighted by Gasteiger charge is 2.31. The van der Waals surface area contributed by atoms with E-state index in [2.05, 4.69) is 33.9 Å². The zero-order valence-electron chi connectivity index (χ0n) is 10.1. The fraction of sp³-hybridized carbons (Fsp3) is 0.462. The molecule has 1 saturated carbocycles. The average Bonchev–Trinajstić information content (AvgIpc) is 2.29. The number of thiol groups is 1. The summed E-state index contributed by atoms with van der Waals surface area (Å²) in [6.45, 7) is 2.72. The number of benzene rings is 1. The van der Waals surface area contributed by atoms with Crippen molar-refractivity contribution in [3.05, 3.63) is 28.2 Å². The standard InChI is InChI=1S/C13H16BrNO2S/c1-2-17-9-5-8(6-9)15-13(16)11-7-10(18)3-4-12(11)14/h3-4,7-9,18H,2,5-6H2,1H3,(H,15,16). The fourth-order valence-electron chi connectivity index (χ4n) is 2.01. The van der Waals surface area contributed by atoms with Crippen molar-refractivity contribution in [1.82, 2.24) is 5.32 Å². The number of ether oxygens (including phenoxy) is 1.